The van der Waals surface area contributed by atoms with Gasteiger partial charge in [-0.1, -0.05) is 17.7 Å². The zero-order chi connectivity index (χ0) is 10.6. The van der Waals surface area contributed by atoms with Crippen molar-refractivity contribution in [3.63, 3.8) is 0 Å². The first-order valence-corrected chi connectivity index (χ1v) is 5.50. The minimum Gasteiger partial charge on any atom is -0.336 e. The van der Waals surface area contributed by atoms with Crippen LogP contribution in [0.4, 0.5) is 0 Å². The second kappa shape index (κ2) is 2.63. The molecule has 0 N–H and O–H groups in total. The molecule has 1 amide bonds. The summed E-state index contributed by atoms with van der Waals surface area (Å²) in [6.45, 7) is 2.04. The first kappa shape index (κ1) is 8.96. The predicted molar refractivity (Wildman–Crippen MR) is 58.9 cm³/mol. The molecule has 1 aliphatic carbocycles. The number of benzene rings is 1. The largest absolute Gasteiger partial charge is 0.336 e. The smallest absolute Gasteiger partial charge is 0.254 e. The lowest BCUT2D eigenvalue weighted by Crippen LogP contribution is -2.44. The zero-order valence-corrected chi connectivity index (χ0v) is 9.21. The number of aryl methyl sites for hydroxylation is 1. The van der Waals surface area contributed by atoms with E-state index < -0.39 is 0 Å². The van der Waals surface area contributed by atoms with Crippen molar-refractivity contribution in [2.24, 2.45) is 0 Å². The third kappa shape index (κ3) is 1.14. The van der Waals surface area contributed by atoms with Crippen LogP contribution in [0.5, 0.6) is 0 Å². The Balaban J connectivity index is 2.13. The molecule has 0 bridgehead atoms. The van der Waals surface area contributed by atoms with E-state index in [4.69, 9.17) is 0 Å². The molecule has 0 aromatic heterocycles. The summed E-state index contributed by atoms with van der Waals surface area (Å²) < 4.78 is 0. The first-order chi connectivity index (χ1) is 7.12. The summed E-state index contributed by atoms with van der Waals surface area (Å²) in [5.74, 6) is 0.206. The molecule has 78 valence electrons. The van der Waals surface area contributed by atoms with Gasteiger partial charge in [-0.2, -0.15) is 0 Å². The number of fused-ring (bicyclic) bond motifs is 1. The molecule has 0 saturated heterocycles. The average molecular weight is 201 g/mol. The summed E-state index contributed by atoms with van der Waals surface area (Å²) >= 11 is 0. The number of rotatable bonds is 0. The number of likely N-dealkylation sites (N-methyl/N-ethyl adjacent to an activating group) is 1. The molecule has 1 saturated carbocycles. The van der Waals surface area contributed by atoms with E-state index >= 15 is 0 Å². The molecule has 2 nitrogen and oxygen atoms in total. The third-order valence-electron chi connectivity index (χ3n) is 3.86. The summed E-state index contributed by atoms with van der Waals surface area (Å²) in [4.78, 5) is 14.1. The molecule has 3 rings (SSSR count). The molecule has 2 heteroatoms. The van der Waals surface area contributed by atoms with Crippen molar-refractivity contribution in [1.82, 2.24) is 4.90 Å². The number of hydrogen-bond donors (Lipinski definition) is 0. The van der Waals surface area contributed by atoms with Crippen LogP contribution in [0.15, 0.2) is 18.2 Å². The highest BCUT2D eigenvalue weighted by Gasteiger charge is 2.51. The summed E-state index contributed by atoms with van der Waals surface area (Å²) in [6.07, 6.45) is 3.38. The minimum atomic E-state index is 0.180. The Labute approximate surface area is 89.9 Å². The average Bonchev–Trinajstić information content (AvgIpc) is 2.98. The van der Waals surface area contributed by atoms with E-state index in [-0.39, 0.29) is 11.4 Å². The van der Waals surface area contributed by atoms with Crippen molar-refractivity contribution in [1.29, 1.82) is 0 Å². The Morgan fingerprint density at radius 2 is 2.07 bits per heavy atom. The highest BCUT2D eigenvalue weighted by atomic mass is 16.2. The van der Waals surface area contributed by atoms with Gasteiger partial charge >= 0.3 is 0 Å². The molecular weight excluding hydrogens is 186 g/mol. The summed E-state index contributed by atoms with van der Waals surface area (Å²) in [7, 11) is 1.95. The lowest BCUT2D eigenvalue weighted by atomic mass is 9.91. The van der Waals surface area contributed by atoms with Gasteiger partial charge in [0.1, 0.15) is 0 Å². The Morgan fingerprint density at radius 3 is 2.73 bits per heavy atom. The van der Waals surface area contributed by atoms with E-state index in [9.17, 15) is 4.79 Å². The first-order valence-electron chi connectivity index (χ1n) is 5.50. The second-order valence-electron chi connectivity index (χ2n) is 4.93. The van der Waals surface area contributed by atoms with Gasteiger partial charge < -0.3 is 4.90 Å². The Bertz CT molecular complexity index is 446. The molecule has 0 radical (unpaired) electrons. The van der Waals surface area contributed by atoms with Gasteiger partial charge in [0, 0.05) is 18.2 Å². The zero-order valence-electron chi connectivity index (χ0n) is 9.21. The van der Waals surface area contributed by atoms with Crippen LogP contribution in [0.25, 0.3) is 0 Å². The van der Waals surface area contributed by atoms with Crippen LogP contribution in [0, 0.1) is 6.92 Å². The monoisotopic (exact) mass is 201 g/mol. The maximum Gasteiger partial charge on any atom is 0.254 e. The van der Waals surface area contributed by atoms with Crippen molar-refractivity contribution in [3.8, 4) is 0 Å². The molecular formula is C13H15NO. The summed E-state index contributed by atoms with van der Waals surface area (Å²) in [6, 6.07) is 6.24. The molecule has 1 aromatic rings. The van der Waals surface area contributed by atoms with Crippen LogP contribution >= 0.6 is 0 Å². The van der Waals surface area contributed by atoms with Gasteiger partial charge in [0.05, 0.1) is 0 Å². The maximum atomic E-state index is 12.2. The number of carbonyl (C=O) groups is 1. The van der Waals surface area contributed by atoms with Crippen LogP contribution in [-0.4, -0.2) is 23.4 Å². The van der Waals surface area contributed by atoms with Crippen molar-refractivity contribution in [2.75, 3.05) is 7.05 Å². The Kier molecular flexibility index (Phi) is 1.57. The van der Waals surface area contributed by atoms with Crippen molar-refractivity contribution >= 4 is 5.91 Å². The van der Waals surface area contributed by atoms with Crippen LogP contribution in [0.3, 0.4) is 0 Å². The van der Waals surface area contributed by atoms with Gasteiger partial charge in [-0.05, 0) is 37.8 Å². The van der Waals surface area contributed by atoms with Gasteiger partial charge in [0.2, 0.25) is 0 Å². The number of carbonyl (C=O) groups excluding carboxylic acids is 1. The fourth-order valence-corrected chi connectivity index (χ4v) is 2.57. The van der Waals surface area contributed by atoms with E-state index in [2.05, 4.69) is 12.1 Å². The highest BCUT2D eigenvalue weighted by Crippen LogP contribution is 2.47. The molecule has 1 heterocycles. The van der Waals surface area contributed by atoms with Gasteiger partial charge in [-0.15, -0.1) is 0 Å². The van der Waals surface area contributed by atoms with E-state index in [1.807, 2.05) is 24.9 Å². The van der Waals surface area contributed by atoms with Crippen molar-refractivity contribution in [2.45, 2.75) is 31.7 Å². The SMILES string of the molecule is Cc1ccc2c(c1)C(=O)N(C)C1(CC1)C2. The summed E-state index contributed by atoms with van der Waals surface area (Å²) in [5.41, 5.74) is 3.50. The number of amides is 1. The normalized spacial score (nSPS) is 21.7. The van der Waals surface area contributed by atoms with Crippen LogP contribution in [0.1, 0.15) is 34.3 Å². The Hall–Kier alpha value is -1.31. The molecule has 1 fully saturated rings. The second-order valence-corrected chi connectivity index (χ2v) is 4.93. The van der Waals surface area contributed by atoms with E-state index in [0.717, 1.165) is 12.0 Å². The van der Waals surface area contributed by atoms with Gasteiger partial charge in [-0.3, -0.25) is 4.79 Å². The van der Waals surface area contributed by atoms with E-state index in [1.54, 1.807) is 0 Å². The van der Waals surface area contributed by atoms with Gasteiger partial charge in [-0.25, -0.2) is 0 Å². The number of hydrogen-bond acceptors (Lipinski definition) is 1. The maximum absolute atomic E-state index is 12.2. The van der Waals surface area contributed by atoms with Crippen LogP contribution in [0.2, 0.25) is 0 Å². The minimum absolute atomic E-state index is 0.180. The highest BCUT2D eigenvalue weighted by molar-refractivity contribution is 5.97. The Morgan fingerprint density at radius 1 is 1.33 bits per heavy atom. The summed E-state index contributed by atoms with van der Waals surface area (Å²) in [5, 5.41) is 0. The molecule has 0 atom stereocenters. The van der Waals surface area contributed by atoms with Crippen LogP contribution < -0.4 is 0 Å². The molecule has 2 aliphatic rings. The lowest BCUT2D eigenvalue weighted by Gasteiger charge is -2.34. The molecule has 0 unspecified atom stereocenters. The van der Waals surface area contributed by atoms with Gasteiger partial charge in [0.15, 0.2) is 0 Å². The predicted octanol–water partition coefficient (Wildman–Crippen LogP) is 2.16. The van der Waals surface area contributed by atoms with E-state index in [1.165, 1.54) is 24.0 Å². The molecule has 1 spiro atoms. The fourth-order valence-electron chi connectivity index (χ4n) is 2.57. The van der Waals surface area contributed by atoms with Gasteiger partial charge in [0.25, 0.3) is 5.91 Å². The van der Waals surface area contributed by atoms with Crippen molar-refractivity contribution < 1.29 is 4.79 Å². The number of nitrogens with zero attached hydrogens (tertiary/aromatic N) is 1. The standard InChI is InChI=1S/C13H15NO/c1-9-3-4-10-8-13(5-6-13)14(2)12(15)11(10)7-9/h3-4,7H,5-6,8H2,1-2H3. The van der Waals surface area contributed by atoms with Crippen LogP contribution in [-0.2, 0) is 6.42 Å². The van der Waals surface area contributed by atoms with E-state index in [0.29, 0.717) is 0 Å². The third-order valence-corrected chi connectivity index (χ3v) is 3.86. The fraction of sp³-hybridized carbons (Fsp3) is 0.462. The lowest BCUT2D eigenvalue weighted by molar-refractivity contribution is 0.0681. The molecule has 15 heavy (non-hydrogen) atoms. The quantitative estimate of drug-likeness (QED) is 0.630. The molecule has 1 aliphatic heterocycles. The topological polar surface area (TPSA) is 20.3 Å². The molecule has 1 aromatic carbocycles. The van der Waals surface area contributed by atoms with Crippen molar-refractivity contribution in [3.05, 3.63) is 34.9 Å².